The monoisotopic (exact) mass is 296 g/mol. The van der Waals surface area contributed by atoms with Crippen LogP contribution in [0.15, 0.2) is 24.5 Å². The third-order valence-electron chi connectivity index (χ3n) is 3.35. The SMILES string of the molecule is CC(=O)N[C@H]1[C@H](O)[C@@H](CO)O[C@H]1[n+]1ccc(C(N)=O)cc1. The summed E-state index contributed by atoms with van der Waals surface area (Å²) < 4.78 is 7.14. The van der Waals surface area contributed by atoms with Crippen molar-refractivity contribution in [2.45, 2.75) is 31.4 Å². The first-order chi connectivity index (χ1) is 9.93. The van der Waals surface area contributed by atoms with E-state index in [1.807, 2.05) is 0 Å². The van der Waals surface area contributed by atoms with Crippen molar-refractivity contribution >= 4 is 11.8 Å². The largest absolute Gasteiger partial charge is 0.394 e. The molecule has 2 heterocycles. The van der Waals surface area contributed by atoms with Crippen LogP contribution in [0.5, 0.6) is 0 Å². The van der Waals surface area contributed by atoms with Crippen molar-refractivity contribution in [3.63, 3.8) is 0 Å². The van der Waals surface area contributed by atoms with E-state index in [1.54, 1.807) is 17.0 Å². The van der Waals surface area contributed by atoms with Gasteiger partial charge in [0.25, 0.3) is 6.23 Å². The molecule has 2 amide bonds. The molecule has 2 rings (SSSR count). The summed E-state index contributed by atoms with van der Waals surface area (Å²) in [5.41, 5.74) is 5.50. The lowest BCUT2D eigenvalue weighted by Gasteiger charge is -2.17. The van der Waals surface area contributed by atoms with Crippen LogP contribution < -0.4 is 15.6 Å². The van der Waals surface area contributed by atoms with Crippen LogP contribution in [0.2, 0.25) is 0 Å². The fourth-order valence-electron chi connectivity index (χ4n) is 2.31. The lowest BCUT2D eigenvalue weighted by atomic mass is 10.1. The smallest absolute Gasteiger partial charge is 0.286 e. The first-order valence-corrected chi connectivity index (χ1v) is 6.46. The van der Waals surface area contributed by atoms with Gasteiger partial charge in [-0.05, 0) is 0 Å². The van der Waals surface area contributed by atoms with Crippen molar-refractivity contribution < 1.29 is 29.1 Å². The Morgan fingerprint density at radius 2 is 2.05 bits per heavy atom. The molecule has 0 unspecified atom stereocenters. The first-order valence-electron chi connectivity index (χ1n) is 6.46. The number of amides is 2. The number of nitrogens with two attached hydrogens (primary N) is 1. The summed E-state index contributed by atoms with van der Waals surface area (Å²) in [7, 11) is 0. The Hall–Kier alpha value is -2.03. The standard InChI is InChI=1S/C13H17N3O5/c1-7(18)15-10-11(19)9(6-17)21-13(10)16-4-2-8(3-5-16)12(14)20/h2-5,9-11,13,17,19H,6H2,1H3,(H2-,14,15,18,20)/p+1/t9-,10+,11-,13-/m1/s1. The Labute approximate surface area is 121 Å². The second-order valence-electron chi connectivity index (χ2n) is 4.86. The molecule has 1 fully saturated rings. The van der Waals surface area contributed by atoms with Crippen LogP contribution in [0.1, 0.15) is 23.5 Å². The van der Waals surface area contributed by atoms with Gasteiger partial charge in [0.15, 0.2) is 12.4 Å². The highest BCUT2D eigenvalue weighted by Gasteiger charge is 2.49. The van der Waals surface area contributed by atoms with Crippen molar-refractivity contribution in [2.24, 2.45) is 5.73 Å². The number of primary amides is 1. The lowest BCUT2D eigenvalue weighted by molar-refractivity contribution is -0.761. The Morgan fingerprint density at radius 1 is 1.43 bits per heavy atom. The van der Waals surface area contributed by atoms with Gasteiger partial charge in [0.2, 0.25) is 11.8 Å². The molecule has 1 aliphatic rings. The highest BCUT2D eigenvalue weighted by atomic mass is 16.5. The number of pyridine rings is 1. The van der Waals surface area contributed by atoms with Crippen molar-refractivity contribution in [3.8, 4) is 0 Å². The maximum Gasteiger partial charge on any atom is 0.286 e. The minimum Gasteiger partial charge on any atom is -0.394 e. The summed E-state index contributed by atoms with van der Waals surface area (Å²) in [6, 6.07) is 2.31. The zero-order valence-corrected chi connectivity index (χ0v) is 11.5. The number of nitrogens with one attached hydrogen (secondary N) is 1. The van der Waals surface area contributed by atoms with Crippen LogP contribution >= 0.6 is 0 Å². The fourth-order valence-corrected chi connectivity index (χ4v) is 2.31. The molecule has 8 heteroatoms. The maximum atomic E-state index is 11.2. The minimum atomic E-state index is -1.03. The van der Waals surface area contributed by atoms with Crippen molar-refractivity contribution in [2.75, 3.05) is 6.61 Å². The molecule has 1 aliphatic heterocycles. The highest BCUT2D eigenvalue weighted by molar-refractivity contribution is 5.92. The van der Waals surface area contributed by atoms with Gasteiger partial charge in [-0.25, -0.2) is 0 Å². The Kier molecular flexibility index (Phi) is 4.51. The molecular formula is C13H18N3O5+. The molecule has 0 saturated carbocycles. The summed E-state index contributed by atoms with van der Waals surface area (Å²) in [5.74, 6) is -0.873. The number of hydrogen-bond acceptors (Lipinski definition) is 5. The van der Waals surface area contributed by atoms with Gasteiger partial charge in [0.05, 0.1) is 12.2 Å². The van der Waals surface area contributed by atoms with Crippen LogP contribution in [-0.4, -0.2) is 46.9 Å². The van der Waals surface area contributed by atoms with Crippen LogP contribution in [0.25, 0.3) is 0 Å². The van der Waals surface area contributed by atoms with Crippen molar-refractivity contribution in [1.82, 2.24) is 5.32 Å². The van der Waals surface area contributed by atoms with Crippen LogP contribution in [0, 0.1) is 0 Å². The molecule has 8 nitrogen and oxygen atoms in total. The van der Waals surface area contributed by atoms with E-state index in [0.717, 1.165) is 0 Å². The predicted molar refractivity (Wildman–Crippen MR) is 69.8 cm³/mol. The average molecular weight is 296 g/mol. The first kappa shape index (κ1) is 15.4. The van der Waals surface area contributed by atoms with Gasteiger partial charge in [-0.15, -0.1) is 0 Å². The van der Waals surface area contributed by atoms with E-state index in [1.165, 1.54) is 19.1 Å². The number of hydrogen-bond donors (Lipinski definition) is 4. The molecule has 4 atom stereocenters. The van der Waals surface area contributed by atoms with Gasteiger partial charge in [-0.1, -0.05) is 0 Å². The number of aromatic nitrogens is 1. The third-order valence-corrected chi connectivity index (χ3v) is 3.35. The number of aliphatic hydroxyl groups is 2. The summed E-state index contributed by atoms with van der Waals surface area (Å²) in [4.78, 5) is 22.3. The van der Waals surface area contributed by atoms with E-state index < -0.39 is 30.4 Å². The molecule has 0 aliphatic carbocycles. The van der Waals surface area contributed by atoms with Gasteiger partial charge < -0.3 is 26.0 Å². The quantitative estimate of drug-likeness (QED) is 0.470. The molecule has 0 aromatic carbocycles. The number of rotatable bonds is 4. The van der Waals surface area contributed by atoms with Gasteiger partial charge in [-0.3, -0.25) is 9.59 Å². The van der Waals surface area contributed by atoms with E-state index in [9.17, 15) is 19.8 Å². The highest BCUT2D eigenvalue weighted by Crippen LogP contribution is 2.25. The van der Waals surface area contributed by atoms with Gasteiger partial charge >= 0.3 is 0 Å². The molecule has 1 saturated heterocycles. The molecule has 0 spiro atoms. The second kappa shape index (κ2) is 6.17. The van der Waals surface area contributed by atoms with Crippen LogP contribution in [0.4, 0.5) is 0 Å². The predicted octanol–water partition coefficient (Wildman–Crippen LogP) is -2.17. The third kappa shape index (κ3) is 3.18. The molecule has 114 valence electrons. The molecule has 1 aromatic heterocycles. The van der Waals surface area contributed by atoms with Gasteiger partial charge in [0.1, 0.15) is 18.2 Å². The van der Waals surface area contributed by atoms with E-state index in [-0.39, 0.29) is 12.5 Å². The topological polar surface area (TPSA) is 126 Å². The normalized spacial score (nSPS) is 28.3. The molecule has 0 radical (unpaired) electrons. The second-order valence-corrected chi connectivity index (χ2v) is 4.86. The van der Waals surface area contributed by atoms with Crippen molar-refractivity contribution in [1.29, 1.82) is 0 Å². The molecule has 0 bridgehead atoms. The fraction of sp³-hybridized carbons (Fsp3) is 0.462. The average Bonchev–Trinajstić information content (AvgIpc) is 2.75. The van der Waals surface area contributed by atoms with Gasteiger partial charge in [-0.2, -0.15) is 4.57 Å². The van der Waals surface area contributed by atoms with Crippen LogP contribution in [0.3, 0.4) is 0 Å². The Morgan fingerprint density at radius 3 is 2.52 bits per heavy atom. The zero-order chi connectivity index (χ0) is 15.6. The van der Waals surface area contributed by atoms with E-state index >= 15 is 0 Å². The molecule has 1 aromatic rings. The maximum absolute atomic E-state index is 11.2. The van der Waals surface area contributed by atoms with E-state index in [0.29, 0.717) is 5.56 Å². The van der Waals surface area contributed by atoms with E-state index in [4.69, 9.17) is 10.5 Å². The lowest BCUT2D eigenvalue weighted by Crippen LogP contribution is -2.53. The number of ether oxygens (including phenoxy) is 1. The number of carbonyl (C=O) groups excluding carboxylic acids is 2. The summed E-state index contributed by atoms with van der Waals surface area (Å²) in [6.45, 7) is 0.963. The Bertz CT molecular complexity index is 533. The van der Waals surface area contributed by atoms with Gasteiger partial charge in [0, 0.05) is 19.1 Å². The zero-order valence-electron chi connectivity index (χ0n) is 11.5. The number of aliphatic hydroxyl groups excluding tert-OH is 2. The Balaban J connectivity index is 2.26. The van der Waals surface area contributed by atoms with Crippen molar-refractivity contribution in [3.05, 3.63) is 30.1 Å². The molecule has 5 N–H and O–H groups in total. The van der Waals surface area contributed by atoms with E-state index in [2.05, 4.69) is 5.32 Å². The number of carbonyl (C=O) groups is 2. The van der Waals surface area contributed by atoms with Crippen LogP contribution in [-0.2, 0) is 9.53 Å². The molecule has 21 heavy (non-hydrogen) atoms. The summed E-state index contributed by atoms with van der Waals surface area (Å²) in [6.07, 6.45) is 0.600. The number of nitrogens with zero attached hydrogens (tertiary/aromatic N) is 1. The minimum absolute atomic E-state index is 0.319. The molecular weight excluding hydrogens is 278 g/mol. The summed E-state index contributed by atoms with van der Waals surface area (Å²) >= 11 is 0. The summed E-state index contributed by atoms with van der Waals surface area (Å²) in [5, 5.41) is 21.9.